The van der Waals surface area contributed by atoms with Gasteiger partial charge in [-0.25, -0.2) is 0 Å². The fourth-order valence-corrected chi connectivity index (χ4v) is 2.76. The number of hydrogen-bond donors (Lipinski definition) is 1. The highest BCUT2D eigenvalue weighted by atomic mass is 79.9. The van der Waals surface area contributed by atoms with Crippen molar-refractivity contribution in [2.75, 3.05) is 6.54 Å². The number of rotatable bonds is 3. The van der Waals surface area contributed by atoms with Crippen LogP contribution in [0.3, 0.4) is 0 Å². The minimum Gasteiger partial charge on any atom is -0.449 e. The summed E-state index contributed by atoms with van der Waals surface area (Å²) in [5, 5.41) is 0. The average molecular weight is 300 g/mol. The largest absolute Gasteiger partial charge is 0.449 e. The van der Waals surface area contributed by atoms with Crippen molar-refractivity contribution < 1.29 is 9.47 Å². The maximum Gasteiger partial charge on any atom is 0.246 e. The molecule has 1 atom stereocenters. The Hall–Kier alpha value is -0.740. The van der Waals surface area contributed by atoms with Crippen molar-refractivity contribution in [3.63, 3.8) is 0 Å². The molecule has 17 heavy (non-hydrogen) atoms. The van der Waals surface area contributed by atoms with Gasteiger partial charge in [0.05, 0.1) is 0 Å². The molecular weight excluding hydrogens is 282 g/mol. The van der Waals surface area contributed by atoms with E-state index in [1.807, 2.05) is 19.9 Å². The van der Waals surface area contributed by atoms with Gasteiger partial charge < -0.3 is 15.2 Å². The van der Waals surface area contributed by atoms with Crippen molar-refractivity contribution in [2.45, 2.75) is 38.9 Å². The fourth-order valence-electron chi connectivity index (χ4n) is 2.04. The second-order valence-corrected chi connectivity index (χ2v) is 5.76. The zero-order valence-electron chi connectivity index (χ0n) is 10.4. The first-order valence-electron chi connectivity index (χ1n) is 5.84. The number of ether oxygens (including phenoxy) is 2. The molecule has 0 fully saturated rings. The molecule has 0 spiro atoms. The second-order valence-electron chi connectivity index (χ2n) is 4.90. The Kier molecular flexibility index (Phi) is 3.36. The van der Waals surface area contributed by atoms with Gasteiger partial charge in [0.15, 0.2) is 11.5 Å². The molecule has 0 aliphatic carbocycles. The summed E-state index contributed by atoms with van der Waals surface area (Å²) in [7, 11) is 0. The minimum absolute atomic E-state index is 0.409. The molecule has 2 rings (SSSR count). The number of hydrogen-bond acceptors (Lipinski definition) is 3. The molecule has 3 nitrogen and oxygen atoms in total. The predicted molar refractivity (Wildman–Crippen MR) is 71.6 cm³/mol. The zero-order chi connectivity index (χ0) is 12.6. The average Bonchev–Trinajstić information content (AvgIpc) is 2.50. The summed E-state index contributed by atoms with van der Waals surface area (Å²) >= 11 is 3.58. The summed E-state index contributed by atoms with van der Waals surface area (Å²) in [5.41, 5.74) is 6.82. The molecule has 0 saturated carbocycles. The van der Waals surface area contributed by atoms with Crippen molar-refractivity contribution in [1.82, 2.24) is 0 Å². The third-order valence-corrected chi connectivity index (χ3v) is 3.59. The molecule has 2 N–H and O–H groups in total. The normalized spacial score (nSPS) is 18.2. The molecule has 0 radical (unpaired) electrons. The van der Waals surface area contributed by atoms with Gasteiger partial charge in [0.25, 0.3) is 0 Å². The quantitative estimate of drug-likeness (QED) is 0.930. The SMILES string of the molecule is CC(CCN)c1cc2c(cc1Br)OC(C)(C)O2. The van der Waals surface area contributed by atoms with E-state index in [0.717, 1.165) is 22.4 Å². The van der Waals surface area contributed by atoms with Crippen molar-refractivity contribution in [2.24, 2.45) is 5.73 Å². The zero-order valence-corrected chi connectivity index (χ0v) is 12.0. The molecule has 1 aliphatic heterocycles. The first-order valence-corrected chi connectivity index (χ1v) is 6.64. The molecular formula is C13H18BrNO2. The lowest BCUT2D eigenvalue weighted by molar-refractivity contribution is -0.0431. The number of fused-ring (bicyclic) bond motifs is 1. The lowest BCUT2D eigenvalue weighted by Crippen LogP contribution is -2.29. The maximum atomic E-state index is 5.74. The first kappa shape index (κ1) is 12.7. The van der Waals surface area contributed by atoms with Crippen LogP contribution in [0.25, 0.3) is 0 Å². The summed E-state index contributed by atoms with van der Waals surface area (Å²) in [5.74, 6) is 1.45. The van der Waals surface area contributed by atoms with E-state index in [1.54, 1.807) is 0 Å². The van der Waals surface area contributed by atoms with Crippen molar-refractivity contribution in [3.05, 3.63) is 22.2 Å². The Morgan fingerprint density at radius 2 is 1.88 bits per heavy atom. The third kappa shape index (κ3) is 2.58. The van der Waals surface area contributed by atoms with Crippen molar-refractivity contribution in [3.8, 4) is 11.5 Å². The van der Waals surface area contributed by atoms with Crippen LogP contribution in [-0.2, 0) is 0 Å². The molecule has 1 aromatic carbocycles. The summed E-state index contributed by atoms with van der Waals surface area (Å²) in [6, 6.07) is 4.03. The molecule has 94 valence electrons. The fraction of sp³-hybridized carbons (Fsp3) is 0.538. The van der Waals surface area contributed by atoms with Crippen LogP contribution >= 0.6 is 15.9 Å². The lowest BCUT2D eigenvalue weighted by Gasteiger charge is -2.16. The van der Waals surface area contributed by atoms with Gasteiger partial charge in [0.2, 0.25) is 5.79 Å². The Morgan fingerprint density at radius 3 is 2.47 bits per heavy atom. The van der Waals surface area contributed by atoms with Gasteiger partial charge >= 0.3 is 0 Å². The summed E-state index contributed by atoms with van der Waals surface area (Å²) < 4.78 is 12.5. The highest BCUT2D eigenvalue weighted by molar-refractivity contribution is 9.10. The molecule has 0 bridgehead atoms. The van der Waals surface area contributed by atoms with Gasteiger partial charge in [-0.1, -0.05) is 22.9 Å². The lowest BCUT2D eigenvalue weighted by atomic mass is 9.97. The molecule has 1 heterocycles. The highest BCUT2D eigenvalue weighted by Gasteiger charge is 2.32. The molecule has 1 aliphatic rings. The Balaban J connectivity index is 2.33. The van der Waals surface area contributed by atoms with E-state index in [0.29, 0.717) is 12.5 Å². The van der Waals surface area contributed by atoms with E-state index in [1.165, 1.54) is 5.56 Å². The maximum absolute atomic E-state index is 5.74. The van der Waals surface area contributed by atoms with Crippen LogP contribution in [0, 0.1) is 0 Å². The van der Waals surface area contributed by atoms with Gasteiger partial charge in [-0.15, -0.1) is 0 Å². The Bertz CT molecular complexity index is 432. The topological polar surface area (TPSA) is 44.5 Å². The number of halogens is 1. The summed E-state index contributed by atoms with van der Waals surface area (Å²) in [6.07, 6.45) is 0.960. The van der Waals surface area contributed by atoms with Crippen LogP contribution in [0.4, 0.5) is 0 Å². The van der Waals surface area contributed by atoms with Gasteiger partial charge in [-0.3, -0.25) is 0 Å². The second kappa shape index (κ2) is 4.50. The molecule has 4 heteroatoms. The molecule has 1 unspecified atom stereocenters. The van der Waals surface area contributed by atoms with Gasteiger partial charge in [-0.05, 0) is 36.6 Å². The van der Waals surface area contributed by atoms with Crippen LogP contribution in [0.2, 0.25) is 0 Å². The van der Waals surface area contributed by atoms with Crippen LogP contribution < -0.4 is 15.2 Å². The monoisotopic (exact) mass is 299 g/mol. The van der Waals surface area contributed by atoms with E-state index in [-0.39, 0.29) is 0 Å². The third-order valence-electron chi connectivity index (χ3n) is 2.91. The standard InChI is InChI=1S/C13H18BrNO2/c1-8(4-5-15)9-6-11-12(7-10(9)14)17-13(2,3)16-11/h6-8H,4-5,15H2,1-3H3. The molecule has 0 aromatic heterocycles. The van der Waals surface area contributed by atoms with Gasteiger partial charge in [-0.2, -0.15) is 0 Å². The van der Waals surface area contributed by atoms with Crippen molar-refractivity contribution in [1.29, 1.82) is 0 Å². The first-order chi connectivity index (χ1) is 7.93. The van der Waals surface area contributed by atoms with Gasteiger partial charge in [0, 0.05) is 18.3 Å². The Labute approximate surface area is 110 Å². The predicted octanol–water partition coefficient (Wildman–Crippen LogP) is 3.41. The van der Waals surface area contributed by atoms with E-state index < -0.39 is 5.79 Å². The number of nitrogens with two attached hydrogens (primary N) is 1. The van der Waals surface area contributed by atoms with Crippen LogP contribution in [0.5, 0.6) is 11.5 Å². The molecule has 0 amide bonds. The summed E-state index contributed by atoms with van der Waals surface area (Å²) in [6.45, 7) is 6.67. The van der Waals surface area contributed by atoms with Crippen LogP contribution in [-0.4, -0.2) is 12.3 Å². The molecule has 1 aromatic rings. The summed E-state index contributed by atoms with van der Waals surface area (Å²) in [4.78, 5) is 0. The van der Waals surface area contributed by atoms with E-state index in [2.05, 4.69) is 28.9 Å². The van der Waals surface area contributed by atoms with E-state index in [9.17, 15) is 0 Å². The molecule has 0 saturated heterocycles. The Morgan fingerprint density at radius 1 is 1.29 bits per heavy atom. The van der Waals surface area contributed by atoms with Crippen molar-refractivity contribution >= 4 is 15.9 Å². The van der Waals surface area contributed by atoms with E-state index in [4.69, 9.17) is 15.2 Å². The smallest absolute Gasteiger partial charge is 0.246 e. The van der Waals surface area contributed by atoms with Crippen LogP contribution in [0.15, 0.2) is 16.6 Å². The minimum atomic E-state index is -0.572. The highest BCUT2D eigenvalue weighted by Crippen LogP contribution is 2.44. The van der Waals surface area contributed by atoms with Crippen LogP contribution in [0.1, 0.15) is 38.7 Å². The number of benzene rings is 1. The van der Waals surface area contributed by atoms with E-state index >= 15 is 0 Å². The van der Waals surface area contributed by atoms with Gasteiger partial charge in [0.1, 0.15) is 0 Å².